The van der Waals surface area contributed by atoms with E-state index in [0.717, 1.165) is 6.42 Å². The molecule has 6 nitrogen and oxygen atoms in total. The van der Waals surface area contributed by atoms with E-state index in [2.05, 4.69) is 5.32 Å². The fourth-order valence-electron chi connectivity index (χ4n) is 2.03. The molecule has 0 aromatic rings. The van der Waals surface area contributed by atoms with Crippen LogP contribution < -0.4 is 5.32 Å². The summed E-state index contributed by atoms with van der Waals surface area (Å²) in [4.78, 5) is 24.7. The third kappa shape index (κ3) is 3.20. The molecule has 0 spiro atoms. The van der Waals surface area contributed by atoms with Gasteiger partial charge in [-0.1, -0.05) is 27.2 Å². The average molecular weight is 258 g/mol. The first-order chi connectivity index (χ1) is 8.52. The molecule has 0 aromatic carbocycles. The van der Waals surface area contributed by atoms with Crippen molar-refractivity contribution in [2.24, 2.45) is 5.92 Å². The molecule has 3 unspecified atom stereocenters. The molecule has 1 heterocycles. The molecule has 6 heteroatoms. The van der Waals surface area contributed by atoms with E-state index in [-0.39, 0.29) is 31.2 Å². The van der Waals surface area contributed by atoms with Crippen LogP contribution in [0.4, 0.5) is 0 Å². The Morgan fingerprint density at radius 3 is 2.67 bits per heavy atom. The maximum absolute atomic E-state index is 12.4. The Bertz CT molecular complexity index is 308. The largest absolute Gasteiger partial charge is 0.480 e. The third-order valence-electron chi connectivity index (χ3n) is 3.35. The Balaban J connectivity index is 2.78. The first kappa shape index (κ1) is 14.9. The van der Waals surface area contributed by atoms with Crippen molar-refractivity contribution in [3.63, 3.8) is 0 Å². The maximum Gasteiger partial charge on any atom is 0.328 e. The Hall–Kier alpha value is -1.14. The van der Waals surface area contributed by atoms with E-state index < -0.39 is 12.0 Å². The predicted octanol–water partition coefficient (Wildman–Crippen LogP) is 0.280. The molecule has 1 rings (SSSR count). The zero-order valence-electron chi connectivity index (χ0n) is 11.2. The van der Waals surface area contributed by atoms with Crippen LogP contribution in [0.2, 0.25) is 0 Å². The number of likely N-dealkylation sites (N-methyl/N-ethyl adjacent to an activating group) is 1. The van der Waals surface area contributed by atoms with Crippen LogP contribution in [0.5, 0.6) is 0 Å². The second kappa shape index (κ2) is 6.70. The fraction of sp³-hybridized carbons (Fsp3) is 0.833. The van der Waals surface area contributed by atoms with Crippen LogP contribution in [-0.2, 0) is 14.3 Å². The lowest BCUT2D eigenvalue weighted by Gasteiger charge is -2.29. The van der Waals surface area contributed by atoms with Crippen LogP contribution in [0.15, 0.2) is 0 Å². The summed E-state index contributed by atoms with van der Waals surface area (Å²) in [7, 11) is 0. The molecule has 1 fully saturated rings. The van der Waals surface area contributed by atoms with Gasteiger partial charge in [0.25, 0.3) is 0 Å². The quantitative estimate of drug-likeness (QED) is 0.715. The minimum absolute atomic E-state index is 0.0636. The summed E-state index contributed by atoms with van der Waals surface area (Å²) < 4.78 is 5.09. The molecule has 1 saturated heterocycles. The molecular weight excluding hydrogens is 236 g/mol. The van der Waals surface area contributed by atoms with Gasteiger partial charge >= 0.3 is 5.97 Å². The Labute approximate surface area is 107 Å². The summed E-state index contributed by atoms with van der Waals surface area (Å²) in [5.74, 6) is -1.04. The van der Waals surface area contributed by atoms with Gasteiger partial charge in [0, 0.05) is 0 Å². The lowest BCUT2D eigenvalue weighted by molar-refractivity contribution is -0.149. The Morgan fingerprint density at radius 1 is 1.50 bits per heavy atom. The summed E-state index contributed by atoms with van der Waals surface area (Å²) in [5.41, 5.74) is 0. The number of nitrogens with one attached hydrogen (secondary N) is 1. The molecule has 2 N–H and O–H groups in total. The minimum Gasteiger partial charge on any atom is -0.480 e. The highest BCUT2D eigenvalue weighted by Gasteiger charge is 2.38. The van der Waals surface area contributed by atoms with Crippen molar-refractivity contribution in [2.45, 2.75) is 39.3 Å². The molecule has 104 valence electrons. The minimum atomic E-state index is -1.01. The summed E-state index contributed by atoms with van der Waals surface area (Å²) in [6, 6.07) is -1.20. The summed E-state index contributed by atoms with van der Waals surface area (Å²) >= 11 is 0. The number of nitrogens with zero attached hydrogens (tertiary/aromatic N) is 1. The van der Waals surface area contributed by atoms with Gasteiger partial charge in [-0.25, -0.2) is 4.79 Å². The van der Waals surface area contributed by atoms with E-state index in [1.54, 1.807) is 0 Å². The molecule has 1 aliphatic rings. The second-order valence-corrected chi connectivity index (χ2v) is 4.58. The van der Waals surface area contributed by atoms with Gasteiger partial charge in [-0.2, -0.15) is 0 Å². The van der Waals surface area contributed by atoms with E-state index >= 15 is 0 Å². The van der Waals surface area contributed by atoms with Crippen molar-refractivity contribution >= 4 is 11.9 Å². The van der Waals surface area contributed by atoms with Crippen LogP contribution in [-0.4, -0.2) is 53.8 Å². The lowest BCUT2D eigenvalue weighted by Crippen LogP contribution is -2.53. The number of hydrogen-bond acceptors (Lipinski definition) is 4. The van der Waals surface area contributed by atoms with E-state index in [4.69, 9.17) is 9.84 Å². The van der Waals surface area contributed by atoms with Crippen LogP contribution >= 0.6 is 0 Å². The maximum atomic E-state index is 12.4. The normalized spacial score (nSPS) is 22.8. The van der Waals surface area contributed by atoms with Crippen molar-refractivity contribution in [1.29, 1.82) is 0 Å². The SMILES string of the molecule is CCNC(C(=O)N1COCC1C(=O)O)C(C)CC. The van der Waals surface area contributed by atoms with Crippen LogP contribution in [0, 0.1) is 5.92 Å². The van der Waals surface area contributed by atoms with Gasteiger partial charge in [0.15, 0.2) is 6.04 Å². The summed E-state index contributed by atoms with van der Waals surface area (Å²) in [6.45, 7) is 6.73. The first-order valence-electron chi connectivity index (χ1n) is 6.37. The summed E-state index contributed by atoms with van der Waals surface area (Å²) in [5, 5.41) is 12.2. The monoisotopic (exact) mass is 258 g/mol. The highest BCUT2D eigenvalue weighted by atomic mass is 16.5. The van der Waals surface area contributed by atoms with Crippen molar-refractivity contribution in [1.82, 2.24) is 10.2 Å². The van der Waals surface area contributed by atoms with Crippen molar-refractivity contribution in [3.8, 4) is 0 Å². The second-order valence-electron chi connectivity index (χ2n) is 4.58. The number of ether oxygens (including phenoxy) is 1. The van der Waals surface area contributed by atoms with E-state index in [1.165, 1.54) is 4.90 Å². The standard InChI is InChI=1S/C12H22N2O4/c1-4-8(3)10(13-5-2)11(15)14-7-18-6-9(14)12(16)17/h8-10,13H,4-7H2,1-3H3,(H,16,17). The number of hydrogen-bond donors (Lipinski definition) is 2. The van der Waals surface area contributed by atoms with E-state index in [0.29, 0.717) is 6.54 Å². The number of amides is 1. The molecule has 1 amide bonds. The number of rotatable bonds is 6. The van der Waals surface area contributed by atoms with Crippen molar-refractivity contribution < 1.29 is 19.4 Å². The molecule has 0 aliphatic carbocycles. The van der Waals surface area contributed by atoms with E-state index in [9.17, 15) is 9.59 Å². The van der Waals surface area contributed by atoms with Gasteiger partial charge in [-0.15, -0.1) is 0 Å². The van der Waals surface area contributed by atoms with Crippen molar-refractivity contribution in [3.05, 3.63) is 0 Å². The topological polar surface area (TPSA) is 78.9 Å². The molecule has 0 aromatic heterocycles. The van der Waals surface area contributed by atoms with Gasteiger partial charge in [0.2, 0.25) is 5.91 Å². The van der Waals surface area contributed by atoms with Gasteiger partial charge in [-0.3, -0.25) is 4.79 Å². The highest BCUT2D eigenvalue weighted by molar-refractivity contribution is 5.87. The average Bonchev–Trinajstić information content (AvgIpc) is 2.83. The molecule has 0 radical (unpaired) electrons. The van der Waals surface area contributed by atoms with E-state index in [1.807, 2.05) is 20.8 Å². The zero-order chi connectivity index (χ0) is 13.7. The number of carbonyl (C=O) groups excluding carboxylic acids is 1. The van der Waals surface area contributed by atoms with Crippen LogP contribution in [0.3, 0.4) is 0 Å². The molecule has 0 bridgehead atoms. The lowest BCUT2D eigenvalue weighted by atomic mass is 9.97. The molecular formula is C12H22N2O4. The van der Waals surface area contributed by atoms with Gasteiger partial charge in [-0.05, 0) is 12.5 Å². The number of carboxylic acid groups (broad SMARTS) is 1. The van der Waals surface area contributed by atoms with Gasteiger partial charge in [0.05, 0.1) is 12.6 Å². The Kier molecular flexibility index (Phi) is 5.55. The highest BCUT2D eigenvalue weighted by Crippen LogP contribution is 2.16. The van der Waals surface area contributed by atoms with Crippen LogP contribution in [0.25, 0.3) is 0 Å². The molecule has 1 aliphatic heterocycles. The van der Waals surface area contributed by atoms with Crippen molar-refractivity contribution in [2.75, 3.05) is 19.9 Å². The van der Waals surface area contributed by atoms with Gasteiger partial charge < -0.3 is 20.1 Å². The van der Waals surface area contributed by atoms with Gasteiger partial charge in [0.1, 0.15) is 6.73 Å². The zero-order valence-corrected chi connectivity index (χ0v) is 11.2. The third-order valence-corrected chi connectivity index (χ3v) is 3.35. The number of aliphatic carboxylic acids is 1. The van der Waals surface area contributed by atoms with Crippen LogP contribution in [0.1, 0.15) is 27.2 Å². The fourth-order valence-corrected chi connectivity index (χ4v) is 2.03. The summed E-state index contributed by atoms with van der Waals surface area (Å²) in [6.07, 6.45) is 0.857. The number of carboxylic acids is 1. The number of carbonyl (C=O) groups is 2. The molecule has 18 heavy (non-hydrogen) atoms. The smallest absolute Gasteiger partial charge is 0.328 e. The Morgan fingerprint density at radius 2 is 2.17 bits per heavy atom. The first-order valence-corrected chi connectivity index (χ1v) is 6.37. The molecule has 3 atom stereocenters. The molecule has 0 saturated carbocycles. The predicted molar refractivity (Wildman–Crippen MR) is 66.0 cm³/mol.